The van der Waals surface area contributed by atoms with Crippen LogP contribution in [0.4, 0.5) is 11.4 Å². The first-order valence-corrected chi connectivity index (χ1v) is 9.73. The van der Waals surface area contributed by atoms with Gasteiger partial charge in [0, 0.05) is 12.7 Å². The number of nitrogens with zero attached hydrogens (tertiary/aromatic N) is 2. The number of ketones is 1. The SMILES string of the molecule is CC(=O)C(C(=O)Nc1c(C)n(C)n(-c2ccccc2)c1=O)C(=S)Nc1ccccc1. The number of carbonyl (C=O) groups excluding carboxylic acids is 2. The molecule has 8 heteroatoms. The van der Waals surface area contributed by atoms with E-state index >= 15 is 0 Å². The van der Waals surface area contributed by atoms with Crippen molar-refractivity contribution in [3.63, 3.8) is 0 Å². The van der Waals surface area contributed by atoms with Gasteiger partial charge in [0.1, 0.15) is 17.4 Å². The van der Waals surface area contributed by atoms with Crippen LogP contribution >= 0.6 is 12.2 Å². The smallest absolute Gasteiger partial charge is 0.295 e. The van der Waals surface area contributed by atoms with Crippen molar-refractivity contribution in [2.45, 2.75) is 13.8 Å². The maximum absolute atomic E-state index is 13.0. The first-order chi connectivity index (χ1) is 14.3. The Kier molecular flexibility index (Phi) is 6.27. The number of Topliss-reactive ketones (excluding diaryl/α,β-unsaturated/α-hetero) is 1. The standard InChI is InChI=1S/C22H22N4O3S/c1-14-19(22(29)26(25(14)3)17-12-8-5-9-13-17)24-20(28)18(15(2)27)21(30)23-16-10-6-4-7-11-16/h4-13,18H,1-3H3,(H,23,30)(H,24,28). The third-order valence-corrected chi connectivity index (χ3v) is 5.11. The van der Waals surface area contributed by atoms with Gasteiger partial charge < -0.3 is 10.6 Å². The Bertz CT molecular complexity index is 1150. The average Bonchev–Trinajstić information content (AvgIpc) is 2.92. The molecule has 0 aliphatic rings. The van der Waals surface area contributed by atoms with E-state index in [9.17, 15) is 14.4 Å². The fraction of sp³-hybridized carbons (Fsp3) is 0.182. The number of hydrogen-bond acceptors (Lipinski definition) is 4. The summed E-state index contributed by atoms with van der Waals surface area (Å²) < 4.78 is 3.10. The maximum atomic E-state index is 13.0. The number of hydrogen-bond donors (Lipinski definition) is 2. The Labute approximate surface area is 179 Å². The molecule has 1 heterocycles. The summed E-state index contributed by atoms with van der Waals surface area (Å²) in [5, 5.41) is 5.54. The minimum atomic E-state index is -1.22. The summed E-state index contributed by atoms with van der Waals surface area (Å²) in [5.74, 6) is -2.29. The summed E-state index contributed by atoms with van der Waals surface area (Å²) in [6, 6.07) is 18.1. The lowest BCUT2D eigenvalue weighted by molar-refractivity contribution is -0.126. The number of benzene rings is 2. The second kappa shape index (κ2) is 8.87. The zero-order valence-electron chi connectivity index (χ0n) is 16.9. The van der Waals surface area contributed by atoms with Crippen LogP contribution in [0.5, 0.6) is 0 Å². The molecule has 0 fully saturated rings. The summed E-state index contributed by atoms with van der Waals surface area (Å²) in [6.45, 7) is 3.02. The van der Waals surface area contributed by atoms with Crippen LogP contribution in [0.1, 0.15) is 12.6 Å². The van der Waals surface area contributed by atoms with Crippen LogP contribution in [0, 0.1) is 12.8 Å². The maximum Gasteiger partial charge on any atom is 0.295 e. The van der Waals surface area contributed by atoms with Crippen LogP contribution < -0.4 is 16.2 Å². The molecule has 2 aromatic carbocycles. The monoisotopic (exact) mass is 422 g/mol. The van der Waals surface area contributed by atoms with Gasteiger partial charge in [-0.1, -0.05) is 48.6 Å². The van der Waals surface area contributed by atoms with E-state index in [1.54, 1.807) is 42.9 Å². The average molecular weight is 423 g/mol. The lowest BCUT2D eigenvalue weighted by Crippen LogP contribution is -2.38. The van der Waals surface area contributed by atoms with Gasteiger partial charge in [-0.05, 0) is 38.1 Å². The molecule has 0 saturated carbocycles. The summed E-state index contributed by atoms with van der Waals surface area (Å²) in [4.78, 5) is 38.2. The highest BCUT2D eigenvalue weighted by atomic mass is 32.1. The van der Waals surface area contributed by atoms with Crippen molar-refractivity contribution in [1.29, 1.82) is 0 Å². The molecule has 2 N–H and O–H groups in total. The van der Waals surface area contributed by atoms with Crippen LogP contribution in [0.15, 0.2) is 65.5 Å². The summed E-state index contributed by atoms with van der Waals surface area (Å²) in [7, 11) is 1.73. The summed E-state index contributed by atoms with van der Waals surface area (Å²) >= 11 is 5.32. The molecule has 0 bridgehead atoms. The van der Waals surface area contributed by atoms with Crippen LogP contribution in [-0.4, -0.2) is 26.0 Å². The molecule has 0 aliphatic heterocycles. The third kappa shape index (κ3) is 4.23. The van der Waals surface area contributed by atoms with Gasteiger partial charge in [-0.2, -0.15) is 0 Å². The Morgan fingerprint density at radius 1 is 0.967 bits per heavy atom. The Hall–Kier alpha value is -3.52. The van der Waals surface area contributed by atoms with Gasteiger partial charge in [-0.25, -0.2) is 4.68 Å². The van der Waals surface area contributed by atoms with E-state index in [0.29, 0.717) is 17.1 Å². The largest absolute Gasteiger partial charge is 0.349 e. The molecule has 154 valence electrons. The zero-order chi connectivity index (χ0) is 21.8. The summed E-state index contributed by atoms with van der Waals surface area (Å²) in [5.41, 5.74) is 1.61. The molecule has 3 aromatic rings. The van der Waals surface area contributed by atoms with Crippen molar-refractivity contribution < 1.29 is 9.59 Å². The molecule has 0 radical (unpaired) electrons. The molecule has 30 heavy (non-hydrogen) atoms. The number of anilines is 2. The van der Waals surface area contributed by atoms with Crippen LogP contribution in [0.2, 0.25) is 0 Å². The van der Waals surface area contributed by atoms with Gasteiger partial charge in [0.05, 0.1) is 16.4 Å². The predicted molar refractivity (Wildman–Crippen MR) is 121 cm³/mol. The Morgan fingerprint density at radius 3 is 2.10 bits per heavy atom. The molecule has 1 aromatic heterocycles. The van der Waals surface area contributed by atoms with E-state index in [2.05, 4.69) is 10.6 Å². The zero-order valence-corrected chi connectivity index (χ0v) is 17.7. The fourth-order valence-electron chi connectivity index (χ4n) is 3.13. The Morgan fingerprint density at radius 2 is 1.53 bits per heavy atom. The van der Waals surface area contributed by atoms with Gasteiger partial charge in [0.25, 0.3) is 5.56 Å². The molecule has 0 saturated heterocycles. The van der Waals surface area contributed by atoms with E-state index in [4.69, 9.17) is 12.2 Å². The van der Waals surface area contributed by atoms with Crippen molar-refractivity contribution in [2.75, 3.05) is 10.6 Å². The van der Waals surface area contributed by atoms with Crippen LogP contribution in [0.25, 0.3) is 5.69 Å². The number of para-hydroxylation sites is 2. The number of rotatable bonds is 6. The van der Waals surface area contributed by atoms with Crippen molar-refractivity contribution in [3.8, 4) is 5.69 Å². The van der Waals surface area contributed by atoms with Crippen LogP contribution in [0.3, 0.4) is 0 Å². The molecular weight excluding hydrogens is 400 g/mol. The van der Waals surface area contributed by atoms with Gasteiger partial charge in [-0.3, -0.25) is 19.1 Å². The van der Waals surface area contributed by atoms with Crippen molar-refractivity contribution in [2.24, 2.45) is 13.0 Å². The lowest BCUT2D eigenvalue weighted by Gasteiger charge is -2.16. The highest BCUT2D eigenvalue weighted by Gasteiger charge is 2.30. The normalized spacial score (nSPS) is 11.6. The lowest BCUT2D eigenvalue weighted by atomic mass is 10.0. The number of aromatic nitrogens is 2. The van der Waals surface area contributed by atoms with Crippen molar-refractivity contribution >= 4 is 40.3 Å². The van der Waals surface area contributed by atoms with E-state index in [1.807, 2.05) is 36.4 Å². The van der Waals surface area contributed by atoms with Crippen LogP contribution in [-0.2, 0) is 16.6 Å². The van der Waals surface area contributed by atoms with E-state index in [0.717, 1.165) is 0 Å². The highest BCUT2D eigenvalue weighted by molar-refractivity contribution is 7.80. The highest BCUT2D eigenvalue weighted by Crippen LogP contribution is 2.17. The number of thiocarbonyl (C=S) groups is 1. The molecule has 1 atom stereocenters. The number of amides is 1. The quantitative estimate of drug-likeness (QED) is 0.471. The minimum Gasteiger partial charge on any atom is -0.349 e. The molecular formula is C22H22N4O3S. The fourth-order valence-corrected chi connectivity index (χ4v) is 3.52. The van der Waals surface area contributed by atoms with Crippen molar-refractivity contribution in [3.05, 3.63) is 76.7 Å². The molecule has 1 unspecified atom stereocenters. The molecule has 0 spiro atoms. The number of carbonyl (C=O) groups is 2. The van der Waals surface area contributed by atoms with Gasteiger partial charge in [-0.15, -0.1) is 0 Å². The second-order valence-electron chi connectivity index (χ2n) is 6.82. The summed E-state index contributed by atoms with van der Waals surface area (Å²) in [6.07, 6.45) is 0. The van der Waals surface area contributed by atoms with E-state index < -0.39 is 23.2 Å². The Balaban J connectivity index is 1.89. The molecule has 3 rings (SSSR count). The predicted octanol–water partition coefficient (Wildman–Crippen LogP) is 3.07. The molecule has 7 nitrogen and oxygen atoms in total. The topological polar surface area (TPSA) is 85.1 Å². The number of nitrogens with one attached hydrogen (secondary N) is 2. The van der Waals surface area contributed by atoms with Gasteiger partial charge >= 0.3 is 0 Å². The second-order valence-corrected chi connectivity index (χ2v) is 7.26. The first kappa shape index (κ1) is 21.2. The van der Waals surface area contributed by atoms with E-state index in [-0.39, 0.29) is 10.7 Å². The van der Waals surface area contributed by atoms with E-state index in [1.165, 1.54) is 11.6 Å². The van der Waals surface area contributed by atoms with Gasteiger partial charge in [0.2, 0.25) is 5.91 Å². The van der Waals surface area contributed by atoms with Crippen molar-refractivity contribution in [1.82, 2.24) is 9.36 Å². The van der Waals surface area contributed by atoms with Gasteiger partial charge in [0.15, 0.2) is 0 Å². The molecule has 1 amide bonds. The first-order valence-electron chi connectivity index (χ1n) is 9.32. The third-order valence-electron chi connectivity index (χ3n) is 4.77. The molecule has 0 aliphatic carbocycles. The minimum absolute atomic E-state index is 0.0724.